The fourth-order valence-electron chi connectivity index (χ4n) is 2.58. The summed E-state index contributed by atoms with van der Waals surface area (Å²) in [7, 11) is 0. The highest BCUT2D eigenvalue weighted by atomic mass is 16.5. The summed E-state index contributed by atoms with van der Waals surface area (Å²) in [6, 6.07) is 6.64. The number of esters is 2. The second-order valence-corrected chi connectivity index (χ2v) is 5.26. The van der Waals surface area contributed by atoms with E-state index in [0.29, 0.717) is 11.0 Å². The summed E-state index contributed by atoms with van der Waals surface area (Å²) in [5.41, 5.74) is -1.15. The number of carbonyl (C=O) groups is 4. The molecular formula is C18H14N2O6. The van der Waals surface area contributed by atoms with Crippen molar-refractivity contribution in [3.05, 3.63) is 46.8 Å². The monoisotopic (exact) mass is 354 g/mol. The van der Waals surface area contributed by atoms with E-state index in [1.165, 1.54) is 0 Å². The number of para-hydroxylation sites is 2. The Hall–Kier alpha value is -3.42. The highest BCUT2D eigenvalue weighted by Gasteiger charge is 2.42. The van der Waals surface area contributed by atoms with E-state index in [2.05, 4.69) is 9.97 Å². The van der Waals surface area contributed by atoms with Crippen LogP contribution in [0.3, 0.4) is 0 Å². The molecule has 0 unspecified atom stereocenters. The summed E-state index contributed by atoms with van der Waals surface area (Å²) in [5, 5.41) is 0. The van der Waals surface area contributed by atoms with Crippen LogP contribution in [0.4, 0.5) is 0 Å². The SMILES string of the molecule is CCOC(=O)C1=C(C(=O)OCC)C(=O)c2nc3ccccc3nc2C1=O. The Morgan fingerprint density at radius 1 is 0.808 bits per heavy atom. The first-order valence-electron chi connectivity index (χ1n) is 7.94. The lowest BCUT2D eigenvalue weighted by Gasteiger charge is -2.18. The third kappa shape index (κ3) is 2.75. The van der Waals surface area contributed by atoms with E-state index in [9.17, 15) is 19.2 Å². The van der Waals surface area contributed by atoms with Crippen LogP contribution in [0.2, 0.25) is 0 Å². The second kappa shape index (κ2) is 6.83. The molecule has 132 valence electrons. The first-order chi connectivity index (χ1) is 12.5. The van der Waals surface area contributed by atoms with E-state index < -0.39 is 34.7 Å². The number of ketones is 2. The van der Waals surface area contributed by atoms with E-state index >= 15 is 0 Å². The zero-order chi connectivity index (χ0) is 18.8. The van der Waals surface area contributed by atoms with Crippen LogP contribution in [0.5, 0.6) is 0 Å². The normalized spacial score (nSPS) is 13.6. The van der Waals surface area contributed by atoms with Crippen LogP contribution in [-0.4, -0.2) is 46.7 Å². The third-order valence-electron chi connectivity index (χ3n) is 3.66. The molecule has 0 radical (unpaired) electrons. The molecule has 1 heterocycles. The van der Waals surface area contributed by atoms with Gasteiger partial charge in [0.15, 0.2) is 0 Å². The van der Waals surface area contributed by atoms with Gasteiger partial charge in [0.1, 0.15) is 22.5 Å². The van der Waals surface area contributed by atoms with E-state index in [0.717, 1.165) is 0 Å². The van der Waals surface area contributed by atoms with Crippen molar-refractivity contribution >= 4 is 34.5 Å². The van der Waals surface area contributed by atoms with Crippen LogP contribution in [0, 0.1) is 0 Å². The van der Waals surface area contributed by atoms with E-state index in [-0.39, 0.29) is 24.6 Å². The topological polar surface area (TPSA) is 113 Å². The predicted molar refractivity (Wildman–Crippen MR) is 88.5 cm³/mol. The van der Waals surface area contributed by atoms with Crippen molar-refractivity contribution in [1.29, 1.82) is 0 Å². The highest BCUT2D eigenvalue weighted by Crippen LogP contribution is 2.27. The van der Waals surface area contributed by atoms with Gasteiger partial charge in [0.25, 0.3) is 0 Å². The predicted octanol–water partition coefficient (Wildman–Crippen LogP) is 1.43. The molecule has 0 atom stereocenters. The summed E-state index contributed by atoms with van der Waals surface area (Å²) in [6.45, 7) is 3.02. The molecule has 2 aromatic rings. The first-order valence-corrected chi connectivity index (χ1v) is 7.94. The van der Waals surface area contributed by atoms with Gasteiger partial charge in [-0.15, -0.1) is 0 Å². The first kappa shape index (κ1) is 17.4. The largest absolute Gasteiger partial charge is 0.462 e. The Bertz CT molecular complexity index is 914. The molecule has 0 aliphatic heterocycles. The van der Waals surface area contributed by atoms with Crippen LogP contribution >= 0.6 is 0 Å². The summed E-state index contributed by atoms with van der Waals surface area (Å²) < 4.78 is 9.67. The van der Waals surface area contributed by atoms with Gasteiger partial charge >= 0.3 is 11.9 Å². The average Bonchev–Trinajstić information content (AvgIpc) is 2.63. The van der Waals surface area contributed by atoms with Crippen molar-refractivity contribution in [2.24, 2.45) is 0 Å². The number of benzene rings is 1. The molecule has 0 N–H and O–H groups in total. The number of Topliss-reactive ketones (excluding diaryl/α,β-unsaturated/α-hetero) is 2. The van der Waals surface area contributed by atoms with Gasteiger partial charge in [-0.1, -0.05) is 12.1 Å². The third-order valence-corrected chi connectivity index (χ3v) is 3.66. The molecule has 1 aromatic heterocycles. The van der Waals surface area contributed by atoms with Crippen LogP contribution in [0.1, 0.15) is 34.8 Å². The standard InChI is InChI=1S/C18H14N2O6/c1-3-25-17(23)11-12(18(24)26-4-2)16(22)14-13(15(11)21)19-9-7-5-6-8-10(9)20-14/h5-8H,3-4H2,1-2H3. The maximum absolute atomic E-state index is 12.8. The van der Waals surface area contributed by atoms with Crippen molar-refractivity contribution < 1.29 is 28.7 Å². The molecule has 0 saturated heterocycles. The maximum Gasteiger partial charge on any atom is 0.343 e. The summed E-state index contributed by atoms with van der Waals surface area (Å²) in [5.74, 6) is -3.93. The van der Waals surface area contributed by atoms with Crippen molar-refractivity contribution in [2.75, 3.05) is 13.2 Å². The van der Waals surface area contributed by atoms with Gasteiger partial charge in [-0.3, -0.25) is 9.59 Å². The summed E-state index contributed by atoms with van der Waals surface area (Å²) in [6.07, 6.45) is 0. The maximum atomic E-state index is 12.8. The van der Waals surface area contributed by atoms with Gasteiger partial charge in [0, 0.05) is 0 Å². The number of hydrogen-bond donors (Lipinski definition) is 0. The van der Waals surface area contributed by atoms with E-state index in [1.54, 1.807) is 38.1 Å². The van der Waals surface area contributed by atoms with Crippen molar-refractivity contribution in [2.45, 2.75) is 13.8 Å². The number of fused-ring (bicyclic) bond motifs is 2. The molecule has 0 bridgehead atoms. The minimum atomic E-state index is -1.07. The number of aromatic nitrogens is 2. The van der Waals surface area contributed by atoms with Gasteiger partial charge in [0.05, 0.1) is 24.2 Å². The van der Waals surface area contributed by atoms with Crippen molar-refractivity contribution in [1.82, 2.24) is 9.97 Å². The number of rotatable bonds is 4. The van der Waals surface area contributed by atoms with E-state index in [4.69, 9.17) is 9.47 Å². The summed E-state index contributed by atoms with van der Waals surface area (Å²) >= 11 is 0. The molecule has 0 saturated carbocycles. The molecule has 0 amide bonds. The molecular weight excluding hydrogens is 340 g/mol. The molecule has 26 heavy (non-hydrogen) atoms. The molecule has 1 aliphatic rings. The molecule has 8 nitrogen and oxygen atoms in total. The van der Waals surface area contributed by atoms with Crippen LogP contribution < -0.4 is 0 Å². The molecule has 0 spiro atoms. The van der Waals surface area contributed by atoms with Gasteiger partial charge in [-0.2, -0.15) is 0 Å². The number of ether oxygens (including phenoxy) is 2. The van der Waals surface area contributed by atoms with Gasteiger partial charge < -0.3 is 9.47 Å². The summed E-state index contributed by atoms with van der Waals surface area (Å²) in [4.78, 5) is 58.4. The van der Waals surface area contributed by atoms with Crippen LogP contribution in [0.15, 0.2) is 35.4 Å². The Balaban J connectivity index is 2.26. The zero-order valence-corrected chi connectivity index (χ0v) is 14.1. The minimum absolute atomic E-state index is 0.0316. The quantitative estimate of drug-likeness (QED) is 0.599. The fourth-order valence-corrected chi connectivity index (χ4v) is 2.58. The average molecular weight is 354 g/mol. The van der Waals surface area contributed by atoms with Crippen molar-refractivity contribution in [3.8, 4) is 0 Å². The lowest BCUT2D eigenvalue weighted by Crippen LogP contribution is -2.33. The smallest absolute Gasteiger partial charge is 0.343 e. The minimum Gasteiger partial charge on any atom is -0.462 e. The van der Waals surface area contributed by atoms with Crippen molar-refractivity contribution in [3.63, 3.8) is 0 Å². The molecule has 3 rings (SSSR count). The lowest BCUT2D eigenvalue weighted by atomic mass is 9.89. The Labute approximate surface area is 147 Å². The number of carbonyl (C=O) groups excluding carboxylic acids is 4. The Morgan fingerprint density at radius 2 is 1.19 bits per heavy atom. The molecule has 1 aliphatic carbocycles. The molecule has 0 fully saturated rings. The zero-order valence-electron chi connectivity index (χ0n) is 14.1. The second-order valence-electron chi connectivity index (χ2n) is 5.26. The Morgan fingerprint density at radius 3 is 1.54 bits per heavy atom. The van der Waals surface area contributed by atoms with Gasteiger partial charge in [-0.25, -0.2) is 19.6 Å². The van der Waals surface area contributed by atoms with Gasteiger partial charge in [-0.05, 0) is 26.0 Å². The number of hydrogen-bond acceptors (Lipinski definition) is 8. The Kier molecular flexibility index (Phi) is 4.57. The van der Waals surface area contributed by atoms with Crippen LogP contribution in [0.25, 0.3) is 11.0 Å². The van der Waals surface area contributed by atoms with Crippen LogP contribution in [-0.2, 0) is 19.1 Å². The number of nitrogens with zero attached hydrogens (tertiary/aromatic N) is 2. The molecule has 8 heteroatoms. The van der Waals surface area contributed by atoms with E-state index in [1.807, 2.05) is 0 Å². The lowest BCUT2D eigenvalue weighted by molar-refractivity contribution is -0.141. The molecule has 1 aromatic carbocycles. The fraction of sp³-hybridized carbons (Fsp3) is 0.222. The highest BCUT2D eigenvalue weighted by molar-refractivity contribution is 6.41. The van der Waals surface area contributed by atoms with Gasteiger partial charge in [0.2, 0.25) is 11.6 Å².